The summed E-state index contributed by atoms with van der Waals surface area (Å²) in [7, 11) is 0. The van der Waals surface area contributed by atoms with E-state index in [9.17, 15) is 54.6 Å². The van der Waals surface area contributed by atoms with Crippen LogP contribution in [0.4, 0.5) is 0 Å². The summed E-state index contributed by atoms with van der Waals surface area (Å²) in [6.45, 7) is 3.17. The average Bonchev–Trinajstić information content (AvgIpc) is 3.11. The molecule has 0 aliphatic heterocycles. The van der Waals surface area contributed by atoms with Crippen molar-refractivity contribution >= 4 is 29.8 Å². The van der Waals surface area contributed by atoms with E-state index in [0.717, 1.165) is 42.5 Å². The van der Waals surface area contributed by atoms with Gasteiger partial charge in [-0.05, 0) is 73.7 Å². The molecule has 23 heteroatoms. The molecule has 0 bridgehead atoms. The van der Waals surface area contributed by atoms with Crippen LogP contribution >= 0.6 is 0 Å². The summed E-state index contributed by atoms with van der Waals surface area (Å²) in [5.41, 5.74) is -1.66. The third kappa shape index (κ3) is 13.3. The zero-order valence-electron chi connectivity index (χ0n) is 30.2. The van der Waals surface area contributed by atoms with Crippen molar-refractivity contribution in [2.75, 3.05) is 0 Å². The van der Waals surface area contributed by atoms with Crippen LogP contribution in [0.15, 0.2) is 60.7 Å². The Morgan fingerprint density at radius 1 is 0.433 bits per heavy atom. The minimum Gasteiger partial charge on any atom is -0.872 e. The highest BCUT2D eigenvalue weighted by atomic mass is 16.4. The smallest absolute Gasteiger partial charge is 0.338 e. The summed E-state index contributed by atoms with van der Waals surface area (Å²) in [5.74, 6) is -15.7. The molecule has 0 amide bonds. The molecule has 0 saturated heterocycles. The summed E-state index contributed by atoms with van der Waals surface area (Å²) in [4.78, 5) is 51.7. The van der Waals surface area contributed by atoms with Crippen LogP contribution in [0.25, 0.3) is 0 Å². The highest BCUT2D eigenvalue weighted by Gasteiger charge is 2.14. The van der Waals surface area contributed by atoms with Crippen molar-refractivity contribution in [1.82, 2.24) is 0 Å². The van der Waals surface area contributed by atoms with Gasteiger partial charge in [-0.25, -0.2) is 24.0 Å². The van der Waals surface area contributed by atoms with Crippen molar-refractivity contribution in [2.24, 2.45) is 0 Å². The van der Waals surface area contributed by atoms with E-state index < -0.39 is 121 Å². The molecule has 0 atom stereocenters. The van der Waals surface area contributed by atoms with Crippen molar-refractivity contribution in [2.45, 2.75) is 13.8 Å². The molecule has 5 aromatic carbocycles. The van der Waals surface area contributed by atoms with Crippen molar-refractivity contribution < 1.29 is 116 Å². The lowest BCUT2D eigenvalue weighted by molar-refractivity contribution is -0.271. The van der Waals surface area contributed by atoms with E-state index in [1.165, 1.54) is 13.0 Å². The number of aromatic carboxylic acids is 5. The van der Waals surface area contributed by atoms with Gasteiger partial charge in [0.1, 0.15) is 28.7 Å². The Morgan fingerprint density at radius 3 is 1.40 bits per heavy atom. The van der Waals surface area contributed by atoms with E-state index in [-0.39, 0.29) is 11.3 Å². The molecule has 0 heterocycles. The van der Waals surface area contributed by atoms with Crippen molar-refractivity contribution in [3.63, 3.8) is 0 Å². The van der Waals surface area contributed by atoms with Gasteiger partial charge in [-0.3, -0.25) is 0 Å². The van der Waals surface area contributed by atoms with Crippen LogP contribution in [0.2, 0.25) is 0 Å². The van der Waals surface area contributed by atoms with E-state index >= 15 is 0 Å². The maximum Gasteiger partial charge on any atom is 0.338 e. The van der Waals surface area contributed by atoms with Crippen molar-refractivity contribution in [1.29, 1.82) is 0 Å². The summed E-state index contributed by atoms with van der Waals surface area (Å²) >= 11 is 0. The first-order valence-electron chi connectivity index (χ1n) is 15.5. The van der Waals surface area contributed by atoms with Crippen LogP contribution in [0.1, 0.15) is 62.9 Å². The minimum atomic E-state index is -1.52. The first-order valence-corrected chi connectivity index (χ1v) is 15.5. The van der Waals surface area contributed by atoms with Gasteiger partial charge in [0.15, 0.2) is 17.2 Å². The van der Waals surface area contributed by atoms with Crippen LogP contribution in [0.5, 0.6) is 74.7 Å². The van der Waals surface area contributed by atoms with Gasteiger partial charge in [-0.2, -0.15) is 0 Å². The second-order valence-corrected chi connectivity index (χ2v) is 11.3. The van der Waals surface area contributed by atoms with E-state index in [4.69, 9.17) is 61.3 Å². The lowest BCUT2D eigenvalue weighted by Gasteiger charge is -2.17. The molecule has 0 saturated carbocycles. The molecule has 0 radical (unpaired) electrons. The van der Waals surface area contributed by atoms with Crippen molar-refractivity contribution in [3.05, 3.63) is 99.6 Å². The molecular formula is C37H29O23-5. The molecule has 23 nitrogen and oxygen atoms in total. The van der Waals surface area contributed by atoms with Crippen LogP contribution in [0.3, 0.4) is 0 Å². The molecule has 5 aromatic rings. The SMILES string of the molecule is Cc1cc(O)c(C(=O)O)c([O-])c1C.O=C(O)c1c([O-])cc(O)cc1O.O=C(O)c1cc(O)c(O)cc1[O-].O=C(O)c1cc([O-])cc(O)c1.O=C(O)c1ccc(O)c(O)c1[O-]. The predicted molar refractivity (Wildman–Crippen MR) is 187 cm³/mol. The number of hydrogen-bond acceptors (Lipinski definition) is 18. The van der Waals surface area contributed by atoms with E-state index in [2.05, 4.69) is 0 Å². The maximum atomic E-state index is 11.3. The first-order chi connectivity index (χ1) is 27.6. The number of benzene rings is 5. The van der Waals surface area contributed by atoms with E-state index in [1.54, 1.807) is 6.92 Å². The highest BCUT2D eigenvalue weighted by molar-refractivity contribution is 5.95. The van der Waals surface area contributed by atoms with Gasteiger partial charge < -0.3 is 91.9 Å². The second kappa shape index (κ2) is 20.7. The standard InChI is InChI=1S/C9H10O4.3C7H6O5.C7H6O4/c1-4-3-6(10)7(9(12)13)8(11)5(4)2;8-4-2-6(10)5(9)1-3(4)7(11)12;8-3-1-4(9)6(7(11)12)5(10)2-3;8-4-2-1-3(7(11)12)5(9)6(4)10;8-5-1-4(7(10)11)2-6(9)3-5/h3,10-11H,1-2H3,(H,12,13);3*1-2,8-10H,(H,11,12);1-3,8-9H,(H,10,11)/p-5. The Bertz CT molecular complexity index is 2380. The Balaban J connectivity index is 0.000000375. The fourth-order valence-electron chi connectivity index (χ4n) is 4.04. The van der Waals surface area contributed by atoms with Gasteiger partial charge in [-0.15, -0.1) is 5.75 Å². The van der Waals surface area contributed by atoms with Gasteiger partial charge in [-0.1, -0.05) is 28.9 Å². The van der Waals surface area contributed by atoms with Crippen LogP contribution in [-0.2, 0) is 0 Å². The molecule has 0 aliphatic rings. The number of phenols is 8. The van der Waals surface area contributed by atoms with Gasteiger partial charge >= 0.3 is 29.8 Å². The van der Waals surface area contributed by atoms with Crippen LogP contribution in [0, 0.1) is 13.8 Å². The number of phenolic OH excluding ortho intramolecular Hbond substituents is 6. The lowest BCUT2D eigenvalue weighted by atomic mass is 10.0. The first kappa shape index (κ1) is 48.9. The summed E-state index contributed by atoms with van der Waals surface area (Å²) < 4.78 is 0. The van der Waals surface area contributed by atoms with E-state index in [0.29, 0.717) is 23.3 Å². The topological polar surface area (TPSA) is 464 Å². The molecule has 0 fully saturated rings. The number of rotatable bonds is 5. The molecule has 320 valence electrons. The number of carboxylic acids is 5. The van der Waals surface area contributed by atoms with E-state index in [1.807, 2.05) is 0 Å². The monoisotopic (exact) mass is 841 g/mol. The normalized spacial score (nSPS) is 9.70. The Labute approximate surface area is 333 Å². The Morgan fingerprint density at radius 2 is 0.933 bits per heavy atom. The molecular weight excluding hydrogens is 812 g/mol. The van der Waals surface area contributed by atoms with Crippen LogP contribution < -0.4 is 25.5 Å². The van der Waals surface area contributed by atoms with Gasteiger partial charge in [0.2, 0.25) is 0 Å². The minimum absolute atomic E-state index is 0.199. The van der Waals surface area contributed by atoms with Gasteiger partial charge in [0.05, 0.1) is 27.8 Å². The molecule has 0 aromatic heterocycles. The molecule has 60 heavy (non-hydrogen) atoms. The van der Waals surface area contributed by atoms with Gasteiger partial charge in [0, 0.05) is 6.07 Å². The van der Waals surface area contributed by atoms with Crippen LogP contribution in [-0.4, -0.2) is 96.2 Å². The number of aromatic hydroxyl groups is 8. The Kier molecular flexibility index (Phi) is 16.8. The average molecular weight is 842 g/mol. The zero-order chi connectivity index (χ0) is 46.5. The fraction of sp³-hybridized carbons (Fsp3) is 0.0541. The number of carbonyl (C=O) groups is 5. The summed E-state index contributed by atoms with van der Waals surface area (Å²) in [5, 5.41) is 167. The quantitative estimate of drug-likeness (QED) is 0.107. The zero-order valence-corrected chi connectivity index (χ0v) is 30.2. The molecule has 0 aliphatic carbocycles. The lowest BCUT2D eigenvalue weighted by Crippen LogP contribution is -2.07. The summed E-state index contributed by atoms with van der Waals surface area (Å²) in [6, 6.07) is 8.95. The van der Waals surface area contributed by atoms with Crippen molar-refractivity contribution in [3.8, 4) is 74.7 Å². The third-order valence-corrected chi connectivity index (χ3v) is 7.05. The second-order valence-electron chi connectivity index (χ2n) is 11.3. The fourth-order valence-corrected chi connectivity index (χ4v) is 4.04. The largest absolute Gasteiger partial charge is 0.872 e. The molecule has 0 spiro atoms. The molecule has 0 unspecified atom stereocenters. The number of aryl methyl sites for hydroxylation is 1. The molecule has 5 rings (SSSR count). The molecule has 13 N–H and O–H groups in total. The number of hydrogen-bond donors (Lipinski definition) is 13. The van der Waals surface area contributed by atoms with Gasteiger partial charge in [0.25, 0.3) is 0 Å². The number of carboxylic acid groups (broad SMARTS) is 5. The maximum absolute atomic E-state index is 11.3. The third-order valence-electron chi connectivity index (χ3n) is 7.05. The summed E-state index contributed by atoms with van der Waals surface area (Å²) in [6.07, 6.45) is 0. The highest BCUT2D eigenvalue weighted by Crippen LogP contribution is 2.35. The Hall–Kier alpha value is -9.15. The predicted octanol–water partition coefficient (Wildman–Crippen LogP) is 0.554.